The van der Waals surface area contributed by atoms with Gasteiger partial charge in [0, 0.05) is 24.2 Å². The first kappa shape index (κ1) is 17.8. The zero-order valence-electron chi connectivity index (χ0n) is 12.8. The van der Waals surface area contributed by atoms with Gasteiger partial charge in [0.15, 0.2) is 0 Å². The molecule has 3 atom stereocenters. The monoisotopic (exact) mass is 380 g/mol. The maximum Gasteiger partial charge on any atom is 0.416 e. The molecule has 4 nitrogen and oxygen atoms in total. The largest absolute Gasteiger partial charge is 0.416 e. The van der Waals surface area contributed by atoms with Crippen molar-refractivity contribution in [2.45, 2.75) is 31.3 Å². The molecule has 3 N–H and O–H groups in total. The van der Waals surface area contributed by atoms with Crippen molar-refractivity contribution in [3.8, 4) is 0 Å². The van der Waals surface area contributed by atoms with E-state index in [-0.39, 0.29) is 22.8 Å². The van der Waals surface area contributed by atoms with E-state index in [1.165, 1.54) is 12.1 Å². The highest BCUT2D eigenvalue weighted by Crippen LogP contribution is 2.38. The third kappa shape index (κ3) is 3.50. The molecule has 132 valence electrons. The van der Waals surface area contributed by atoms with Crippen molar-refractivity contribution in [2.24, 2.45) is 0 Å². The van der Waals surface area contributed by atoms with Crippen molar-refractivity contribution < 1.29 is 13.2 Å². The summed E-state index contributed by atoms with van der Waals surface area (Å²) in [6.07, 6.45) is -2.78. The zero-order valence-corrected chi connectivity index (χ0v) is 14.3. The molecule has 0 amide bonds. The average molecular weight is 381 g/mol. The third-order valence-corrected chi connectivity index (χ3v) is 4.85. The molecule has 0 bridgehead atoms. The summed E-state index contributed by atoms with van der Waals surface area (Å²) in [6, 6.07) is 3.05. The minimum absolute atomic E-state index is 0.141. The number of nitrogens with zero attached hydrogens (tertiary/aromatic N) is 1. The normalized spacial score (nSPS) is 26.3. The first-order chi connectivity index (χ1) is 11.3. The van der Waals surface area contributed by atoms with Crippen LogP contribution in [0.1, 0.15) is 24.1 Å². The van der Waals surface area contributed by atoms with Gasteiger partial charge in [-0.1, -0.05) is 23.2 Å². The third-order valence-electron chi connectivity index (χ3n) is 4.39. The molecular formula is C15H17Cl2F3N4. The highest BCUT2D eigenvalue weighted by molar-refractivity contribution is 6.30. The van der Waals surface area contributed by atoms with Gasteiger partial charge in [-0.05, 0) is 36.8 Å². The van der Waals surface area contributed by atoms with Crippen LogP contribution in [0.4, 0.5) is 13.2 Å². The summed E-state index contributed by atoms with van der Waals surface area (Å²) >= 11 is 12.0. The lowest BCUT2D eigenvalue weighted by Gasteiger charge is -2.46. The maximum atomic E-state index is 13.4. The summed E-state index contributed by atoms with van der Waals surface area (Å²) in [4.78, 5) is 1.98. The number of fused-ring (bicyclic) bond motifs is 1. The number of hydrogen-bond donors (Lipinski definition) is 3. The van der Waals surface area contributed by atoms with Gasteiger partial charge in [-0.3, -0.25) is 10.2 Å². The van der Waals surface area contributed by atoms with Gasteiger partial charge < -0.3 is 5.43 Å². The first-order valence-electron chi connectivity index (χ1n) is 7.52. The van der Waals surface area contributed by atoms with Gasteiger partial charge in [-0.15, -0.1) is 0 Å². The van der Waals surface area contributed by atoms with Gasteiger partial charge >= 0.3 is 6.18 Å². The molecule has 9 heteroatoms. The van der Waals surface area contributed by atoms with Gasteiger partial charge in [-0.25, -0.2) is 5.43 Å². The van der Waals surface area contributed by atoms with Crippen LogP contribution in [0.3, 0.4) is 0 Å². The molecule has 0 aliphatic carbocycles. The first-order valence-corrected chi connectivity index (χ1v) is 8.27. The quantitative estimate of drug-likeness (QED) is 0.689. The van der Waals surface area contributed by atoms with Crippen molar-refractivity contribution in [1.29, 1.82) is 0 Å². The van der Waals surface area contributed by atoms with Crippen LogP contribution in [-0.4, -0.2) is 30.2 Å². The highest BCUT2D eigenvalue weighted by atomic mass is 35.5. The molecule has 3 rings (SSSR count). The van der Waals surface area contributed by atoms with Crippen LogP contribution in [0, 0.1) is 0 Å². The van der Waals surface area contributed by atoms with Crippen LogP contribution >= 0.6 is 23.2 Å². The van der Waals surface area contributed by atoms with Gasteiger partial charge in [0.05, 0.1) is 17.8 Å². The average Bonchev–Trinajstić information content (AvgIpc) is 2.52. The second-order valence-electron chi connectivity index (χ2n) is 5.85. The Kier molecular flexibility index (Phi) is 4.99. The highest BCUT2D eigenvalue weighted by Gasteiger charge is 2.39. The Morgan fingerprint density at radius 1 is 1.29 bits per heavy atom. The minimum atomic E-state index is -4.43. The molecule has 3 unspecified atom stereocenters. The van der Waals surface area contributed by atoms with E-state index in [1.54, 1.807) is 13.0 Å². The maximum absolute atomic E-state index is 13.4. The molecule has 2 heterocycles. The fourth-order valence-corrected chi connectivity index (χ4v) is 3.61. The van der Waals surface area contributed by atoms with Crippen LogP contribution in [0.15, 0.2) is 29.4 Å². The SMILES string of the molecule is CC(c1cc(Cl)ccc1C(F)(F)F)N1CCNC2NNC(Cl)=CC21. The molecule has 24 heavy (non-hydrogen) atoms. The Morgan fingerprint density at radius 3 is 2.75 bits per heavy atom. The zero-order chi connectivity index (χ0) is 17.5. The molecule has 0 radical (unpaired) electrons. The van der Waals surface area contributed by atoms with Crippen LogP contribution in [-0.2, 0) is 6.18 Å². The molecular weight excluding hydrogens is 364 g/mol. The van der Waals surface area contributed by atoms with Crippen molar-refractivity contribution in [3.05, 3.63) is 45.6 Å². The van der Waals surface area contributed by atoms with E-state index in [0.29, 0.717) is 18.2 Å². The Morgan fingerprint density at radius 2 is 2.04 bits per heavy atom. The fourth-order valence-electron chi connectivity index (χ4n) is 3.24. The van der Waals surface area contributed by atoms with Gasteiger partial charge in [0.2, 0.25) is 0 Å². The number of nitrogens with one attached hydrogen (secondary N) is 3. The predicted octanol–water partition coefficient (Wildman–Crippen LogP) is 3.21. The Labute approximate surface area is 147 Å². The van der Waals surface area contributed by atoms with Gasteiger partial charge in [0.1, 0.15) is 5.16 Å². The van der Waals surface area contributed by atoms with Gasteiger partial charge in [-0.2, -0.15) is 13.2 Å². The molecule has 0 saturated carbocycles. The van der Waals surface area contributed by atoms with E-state index in [0.717, 1.165) is 6.07 Å². The summed E-state index contributed by atoms with van der Waals surface area (Å²) in [7, 11) is 0. The summed E-state index contributed by atoms with van der Waals surface area (Å²) in [5.74, 6) is 0. The summed E-state index contributed by atoms with van der Waals surface area (Å²) in [6.45, 7) is 3.00. The van der Waals surface area contributed by atoms with Crippen LogP contribution in [0.25, 0.3) is 0 Å². The lowest BCUT2D eigenvalue weighted by Crippen LogP contribution is -2.67. The Bertz CT molecular complexity index is 650. The summed E-state index contributed by atoms with van der Waals surface area (Å²) < 4.78 is 40.1. The standard InChI is InChI=1S/C15H17Cl2F3N4/c1-8(10-6-9(16)2-3-11(10)15(18,19)20)24-5-4-21-14-12(24)7-13(17)22-23-14/h2-3,6-8,12,14,21-23H,4-5H2,1H3. The second kappa shape index (κ2) is 6.72. The number of benzene rings is 1. The number of halogens is 5. The molecule has 0 aromatic heterocycles. The lowest BCUT2D eigenvalue weighted by molar-refractivity contribution is -0.138. The molecule has 1 fully saturated rings. The smallest absolute Gasteiger partial charge is 0.310 e. The minimum Gasteiger partial charge on any atom is -0.310 e. The van der Waals surface area contributed by atoms with Crippen LogP contribution < -0.4 is 16.2 Å². The molecule has 0 spiro atoms. The fraction of sp³-hybridized carbons (Fsp3) is 0.467. The van der Waals surface area contributed by atoms with Crippen molar-refractivity contribution in [1.82, 2.24) is 21.1 Å². The second-order valence-corrected chi connectivity index (χ2v) is 6.69. The van der Waals surface area contributed by atoms with Crippen molar-refractivity contribution in [3.63, 3.8) is 0 Å². The van der Waals surface area contributed by atoms with Crippen molar-refractivity contribution in [2.75, 3.05) is 13.1 Å². The van der Waals surface area contributed by atoms with E-state index in [9.17, 15) is 13.2 Å². The summed E-state index contributed by atoms with van der Waals surface area (Å²) in [5.41, 5.74) is 5.33. The number of piperazine rings is 1. The van der Waals surface area contributed by atoms with Crippen molar-refractivity contribution >= 4 is 23.2 Å². The lowest BCUT2D eigenvalue weighted by atomic mass is 9.96. The number of hydrogen-bond acceptors (Lipinski definition) is 4. The van der Waals surface area contributed by atoms with E-state index >= 15 is 0 Å². The molecule has 1 saturated heterocycles. The number of alkyl halides is 3. The number of rotatable bonds is 2. The molecule has 2 aliphatic heterocycles. The topological polar surface area (TPSA) is 39.3 Å². The predicted molar refractivity (Wildman–Crippen MR) is 87.4 cm³/mol. The van der Waals surface area contributed by atoms with Crippen LogP contribution in [0.5, 0.6) is 0 Å². The molecule has 2 aliphatic rings. The van der Waals surface area contributed by atoms with Crippen LogP contribution in [0.2, 0.25) is 5.02 Å². The number of hydrazine groups is 1. The Hall–Kier alpha value is -0.990. The van der Waals surface area contributed by atoms with Gasteiger partial charge in [0.25, 0.3) is 0 Å². The van der Waals surface area contributed by atoms with E-state index in [2.05, 4.69) is 16.2 Å². The van der Waals surface area contributed by atoms with E-state index in [4.69, 9.17) is 23.2 Å². The Balaban J connectivity index is 1.97. The molecule has 1 aromatic carbocycles. The van der Waals surface area contributed by atoms with E-state index < -0.39 is 17.8 Å². The van der Waals surface area contributed by atoms with E-state index in [1.807, 2.05) is 4.90 Å². The summed E-state index contributed by atoms with van der Waals surface area (Å²) in [5, 5.41) is 3.97. The molecule has 1 aromatic rings.